The van der Waals surface area contributed by atoms with Crippen molar-refractivity contribution in [1.82, 2.24) is 10.1 Å². The molecule has 6 nitrogen and oxygen atoms in total. The van der Waals surface area contributed by atoms with Crippen LogP contribution in [0.5, 0.6) is 5.75 Å². The topological polar surface area (TPSA) is 68.5 Å². The first kappa shape index (κ1) is 14.2. The molecule has 1 aromatic heterocycles. The average molecular weight is 317 g/mol. The molecule has 1 aliphatic carbocycles. The lowest BCUT2D eigenvalue weighted by molar-refractivity contribution is -0.117. The van der Waals surface area contributed by atoms with Crippen LogP contribution in [0.3, 0.4) is 0 Å². The van der Waals surface area contributed by atoms with Crippen molar-refractivity contribution in [3.05, 3.63) is 35.7 Å². The zero-order valence-electron chi connectivity index (χ0n) is 12.7. The second-order valence-corrected chi connectivity index (χ2v) is 5.99. The summed E-state index contributed by atoms with van der Waals surface area (Å²) < 4.78 is 24.1. The number of nitrogens with zero attached hydrogens (tertiary/aromatic N) is 3. The Hall–Kier alpha value is -2.44. The summed E-state index contributed by atoms with van der Waals surface area (Å²) in [5.74, 6) is 1.09. The molecule has 0 N–H and O–H groups in total. The first-order valence-corrected chi connectivity index (χ1v) is 7.63. The van der Waals surface area contributed by atoms with E-state index in [1.807, 2.05) is 0 Å². The van der Waals surface area contributed by atoms with Gasteiger partial charge in [0.15, 0.2) is 17.4 Å². The molecular weight excluding hydrogens is 301 g/mol. The fourth-order valence-electron chi connectivity index (χ4n) is 2.87. The second-order valence-electron chi connectivity index (χ2n) is 5.99. The van der Waals surface area contributed by atoms with E-state index in [1.54, 1.807) is 11.0 Å². The molecule has 0 bridgehead atoms. The first-order valence-electron chi connectivity index (χ1n) is 7.63. The van der Waals surface area contributed by atoms with Crippen LogP contribution in [-0.4, -0.2) is 29.7 Å². The van der Waals surface area contributed by atoms with E-state index >= 15 is 0 Å². The van der Waals surface area contributed by atoms with Crippen molar-refractivity contribution >= 4 is 11.6 Å². The molecular formula is C16H16FN3O3. The number of anilines is 1. The number of rotatable bonds is 4. The largest absolute Gasteiger partial charge is 0.494 e. The molecule has 2 heterocycles. The summed E-state index contributed by atoms with van der Waals surface area (Å²) in [5.41, 5.74) is 0.512. The van der Waals surface area contributed by atoms with Gasteiger partial charge in [0.2, 0.25) is 11.8 Å². The fraction of sp³-hybridized carbons (Fsp3) is 0.438. The fourth-order valence-corrected chi connectivity index (χ4v) is 2.87. The van der Waals surface area contributed by atoms with Gasteiger partial charge < -0.3 is 14.2 Å². The zero-order chi connectivity index (χ0) is 16.0. The summed E-state index contributed by atoms with van der Waals surface area (Å²) in [6, 6.07) is 4.50. The highest BCUT2D eigenvalue weighted by Gasteiger charge is 2.37. The van der Waals surface area contributed by atoms with Crippen LogP contribution in [-0.2, 0) is 4.79 Å². The maximum absolute atomic E-state index is 13.8. The molecule has 4 rings (SSSR count). The lowest BCUT2D eigenvalue weighted by atomic mass is 10.1. The van der Waals surface area contributed by atoms with Crippen LogP contribution in [0.15, 0.2) is 22.7 Å². The van der Waals surface area contributed by atoms with Crippen LogP contribution in [0.1, 0.15) is 42.8 Å². The van der Waals surface area contributed by atoms with Gasteiger partial charge in [0.1, 0.15) is 0 Å². The molecule has 1 aliphatic heterocycles. The molecule has 7 heteroatoms. The van der Waals surface area contributed by atoms with Gasteiger partial charge in [-0.25, -0.2) is 4.39 Å². The molecule has 120 valence electrons. The van der Waals surface area contributed by atoms with Crippen LogP contribution in [0.4, 0.5) is 10.1 Å². The predicted molar refractivity (Wildman–Crippen MR) is 78.9 cm³/mol. The molecule has 1 unspecified atom stereocenters. The molecule has 1 aromatic carbocycles. The van der Waals surface area contributed by atoms with Gasteiger partial charge in [-0.3, -0.25) is 4.79 Å². The van der Waals surface area contributed by atoms with Gasteiger partial charge in [0.25, 0.3) is 0 Å². The minimum absolute atomic E-state index is 0.0780. The predicted octanol–water partition coefficient (Wildman–Crippen LogP) is 2.62. The number of carbonyl (C=O) groups is 1. The number of aromatic nitrogens is 2. The molecule has 1 saturated carbocycles. The van der Waals surface area contributed by atoms with Crippen molar-refractivity contribution in [2.45, 2.75) is 31.1 Å². The number of halogens is 1. The normalized spacial score (nSPS) is 21.0. The summed E-state index contributed by atoms with van der Waals surface area (Å²) in [7, 11) is 1.40. The summed E-state index contributed by atoms with van der Waals surface area (Å²) in [6.07, 6.45) is 2.49. The smallest absolute Gasteiger partial charge is 0.232 e. The van der Waals surface area contributed by atoms with Crippen molar-refractivity contribution in [3.63, 3.8) is 0 Å². The Balaban J connectivity index is 1.54. The average Bonchev–Trinajstić information content (AvgIpc) is 3.14. The third-order valence-electron chi connectivity index (χ3n) is 4.32. The van der Waals surface area contributed by atoms with E-state index in [-0.39, 0.29) is 17.6 Å². The number of benzene rings is 1. The molecule has 2 fully saturated rings. The Labute approximate surface area is 132 Å². The van der Waals surface area contributed by atoms with Crippen LogP contribution in [0.2, 0.25) is 0 Å². The lowest BCUT2D eigenvalue weighted by Crippen LogP contribution is -2.24. The van der Waals surface area contributed by atoms with Gasteiger partial charge in [-0.2, -0.15) is 4.98 Å². The minimum atomic E-state index is -0.491. The van der Waals surface area contributed by atoms with Gasteiger partial charge in [-0.1, -0.05) is 5.16 Å². The van der Waals surface area contributed by atoms with Crippen LogP contribution >= 0.6 is 0 Å². The first-order chi connectivity index (χ1) is 11.2. The van der Waals surface area contributed by atoms with E-state index in [0.29, 0.717) is 30.5 Å². The maximum atomic E-state index is 13.8. The highest BCUT2D eigenvalue weighted by Crippen LogP contribution is 2.39. The number of methoxy groups -OCH3 is 1. The third-order valence-corrected chi connectivity index (χ3v) is 4.32. The molecule has 2 aromatic rings. The minimum Gasteiger partial charge on any atom is -0.494 e. The molecule has 1 atom stereocenters. The number of amides is 1. The summed E-state index contributed by atoms with van der Waals surface area (Å²) in [6.45, 7) is 0.414. The number of carbonyl (C=O) groups excluding carboxylic acids is 1. The Bertz CT molecular complexity index is 757. The van der Waals surface area contributed by atoms with Gasteiger partial charge in [0.05, 0.1) is 13.0 Å². The summed E-state index contributed by atoms with van der Waals surface area (Å²) in [5, 5.41) is 3.99. The van der Waals surface area contributed by atoms with E-state index in [4.69, 9.17) is 9.26 Å². The van der Waals surface area contributed by atoms with Crippen molar-refractivity contribution in [1.29, 1.82) is 0 Å². The maximum Gasteiger partial charge on any atom is 0.232 e. The van der Waals surface area contributed by atoms with Crippen LogP contribution in [0.25, 0.3) is 0 Å². The van der Waals surface area contributed by atoms with Crippen molar-refractivity contribution in [2.24, 2.45) is 0 Å². The standard InChI is InChI=1S/C16H16FN3O3/c1-22-13-5-4-11(7-12(13)17)20-8-10(6-14(20)21)16-18-15(19-23-16)9-2-3-9/h4-5,7,9-10H,2-3,6,8H2,1H3. The van der Waals surface area contributed by atoms with Gasteiger partial charge in [0, 0.05) is 30.6 Å². The van der Waals surface area contributed by atoms with Gasteiger partial charge >= 0.3 is 0 Å². The Morgan fingerprint density at radius 1 is 1.35 bits per heavy atom. The highest BCUT2D eigenvalue weighted by atomic mass is 19.1. The summed E-state index contributed by atoms with van der Waals surface area (Å²) in [4.78, 5) is 18.2. The molecule has 0 radical (unpaired) electrons. The van der Waals surface area contributed by atoms with Crippen molar-refractivity contribution < 1.29 is 18.4 Å². The van der Waals surface area contributed by atoms with E-state index in [9.17, 15) is 9.18 Å². The number of hydrogen-bond acceptors (Lipinski definition) is 5. The molecule has 2 aliphatic rings. The second kappa shape index (κ2) is 5.33. The highest BCUT2D eigenvalue weighted by molar-refractivity contribution is 5.96. The molecule has 23 heavy (non-hydrogen) atoms. The van der Waals surface area contributed by atoms with Crippen molar-refractivity contribution in [2.75, 3.05) is 18.6 Å². The monoisotopic (exact) mass is 317 g/mol. The SMILES string of the molecule is COc1ccc(N2CC(c3nc(C4CC4)no3)CC2=O)cc1F. The third kappa shape index (κ3) is 2.56. The summed E-state index contributed by atoms with van der Waals surface area (Å²) >= 11 is 0. The Kier molecular flexibility index (Phi) is 3.28. The van der Waals surface area contributed by atoms with Gasteiger partial charge in [-0.15, -0.1) is 0 Å². The number of ether oxygens (including phenoxy) is 1. The van der Waals surface area contributed by atoms with Crippen LogP contribution < -0.4 is 9.64 Å². The number of hydrogen-bond donors (Lipinski definition) is 0. The lowest BCUT2D eigenvalue weighted by Gasteiger charge is -2.16. The molecule has 1 amide bonds. The van der Waals surface area contributed by atoms with Gasteiger partial charge in [-0.05, 0) is 25.0 Å². The Morgan fingerprint density at radius 3 is 2.87 bits per heavy atom. The van der Waals surface area contributed by atoms with Crippen LogP contribution in [0, 0.1) is 5.82 Å². The van der Waals surface area contributed by atoms with E-state index < -0.39 is 5.82 Å². The zero-order valence-corrected chi connectivity index (χ0v) is 12.7. The quantitative estimate of drug-likeness (QED) is 0.867. The van der Waals surface area contributed by atoms with Crippen molar-refractivity contribution in [3.8, 4) is 5.75 Å². The molecule has 1 saturated heterocycles. The molecule has 0 spiro atoms. The van der Waals surface area contributed by atoms with E-state index in [0.717, 1.165) is 18.7 Å². The van der Waals surface area contributed by atoms with E-state index in [2.05, 4.69) is 10.1 Å². The Morgan fingerprint density at radius 2 is 2.17 bits per heavy atom. The van der Waals surface area contributed by atoms with E-state index in [1.165, 1.54) is 19.2 Å².